The molecule has 0 saturated carbocycles. The maximum absolute atomic E-state index is 6.19. The van der Waals surface area contributed by atoms with Gasteiger partial charge in [0.05, 0.1) is 13.2 Å². The highest BCUT2D eigenvalue weighted by Gasteiger charge is 2.31. The Balaban J connectivity index is 2.68. The summed E-state index contributed by atoms with van der Waals surface area (Å²) in [7, 11) is 1.74. The minimum atomic E-state index is -0.126. The number of nitrogens with zero attached hydrogens (tertiary/aromatic N) is 4. The van der Waals surface area contributed by atoms with E-state index in [4.69, 9.17) is 10.5 Å². The van der Waals surface area contributed by atoms with Crippen molar-refractivity contribution >= 4 is 0 Å². The summed E-state index contributed by atoms with van der Waals surface area (Å²) in [5.41, 5.74) is 6.19. The van der Waals surface area contributed by atoms with Crippen LogP contribution < -0.4 is 5.73 Å². The van der Waals surface area contributed by atoms with E-state index in [2.05, 4.69) is 36.2 Å². The zero-order valence-corrected chi connectivity index (χ0v) is 11.3. The van der Waals surface area contributed by atoms with Crippen molar-refractivity contribution in [3.63, 3.8) is 0 Å². The average Bonchev–Trinajstić information content (AvgIpc) is 2.58. The second kappa shape index (κ2) is 5.55. The predicted molar refractivity (Wildman–Crippen MR) is 65.3 cm³/mol. The Morgan fingerprint density at radius 1 is 1.41 bits per heavy atom. The number of aryl methyl sites for hydroxylation is 1. The van der Waals surface area contributed by atoms with E-state index >= 15 is 0 Å². The molecule has 2 N–H and O–H groups in total. The Hall–Kier alpha value is -1.01. The van der Waals surface area contributed by atoms with Crippen molar-refractivity contribution in [2.24, 2.45) is 18.2 Å². The van der Waals surface area contributed by atoms with Crippen LogP contribution in [0.5, 0.6) is 0 Å². The molecule has 1 aromatic heterocycles. The molecule has 0 amide bonds. The highest BCUT2D eigenvalue weighted by atomic mass is 16.5. The smallest absolute Gasteiger partial charge is 0.176 e. The summed E-state index contributed by atoms with van der Waals surface area (Å²) in [6.45, 7) is 9.00. The van der Waals surface area contributed by atoms with Gasteiger partial charge in [0.25, 0.3) is 0 Å². The topological polar surface area (TPSA) is 78.9 Å². The predicted octanol–water partition coefficient (Wildman–Crippen LogP) is 0.531. The van der Waals surface area contributed by atoms with Crippen molar-refractivity contribution < 1.29 is 4.74 Å². The zero-order chi connectivity index (χ0) is 13.1. The van der Waals surface area contributed by atoms with Crippen molar-refractivity contribution in [1.29, 1.82) is 0 Å². The van der Waals surface area contributed by atoms with Gasteiger partial charge in [0.2, 0.25) is 0 Å². The number of tetrazole rings is 1. The summed E-state index contributed by atoms with van der Waals surface area (Å²) in [6.07, 6.45) is 0.562. The number of hydrogen-bond acceptors (Lipinski definition) is 5. The molecule has 0 radical (unpaired) electrons. The molecule has 0 aliphatic rings. The SMILES string of the molecule is CCOC(C(N)Cc1nnn(C)n1)C(C)(C)C. The van der Waals surface area contributed by atoms with Crippen molar-refractivity contribution in [1.82, 2.24) is 20.2 Å². The summed E-state index contributed by atoms with van der Waals surface area (Å²) in [5.74, 6) is 0.661. The van der Waals surface area contributed by atoms with Crippen molar-refractivity contribution in [3.8, 4) is 0 Å². The molecule has 0 fully saturated rings. The molecule has 0 aliphatic carbocycles. The van der Waals surface area contributed by atoms with Crippen molar-refractivity contribution in [2.75, 3.05) is 6.61 Å². The van der Waals surface area contributed by atoms with Gasteiger partial charge in [-0.3, -0.25) is 0 Å². The Morgan fingerprint density at radius 3 is 2.47 bits per heavy atom. The molecule has 0 spiro atoms. The lowest BCUT2D eigenvalue weighted by atomic mass is 9.83. The largest absolute Gasteiger partial charge is 0.376 e. The maximum Gasteiger partial charge on any atom is 0.176 e. The van der Waals surface area contributed by atoms with Gasteiger partial charge >= 0.3 is 0 Å². The summed E-state index contributed by atoms with van der Waals surface area (Å²) < 4.78 is 5.74. The Morgan fingerprint density at radius 2 is 2.06 bits per heavy atom. The molecule has 0 aromatic carbocycles. The first-order valence-electron chi connectivity index (χ1n) is 5.94. The first kappa shape index (κ1) is 14.1. The second-order valence-electron chi connectivity index (χ2n) is 5.31. The Kier molecular flexibility index (Phi) is 4.59. The van der Waals surface area contributed by atoms with Crippen LogP contribution in [0, 0.1) is 5.41 Å². The van der Waals surface area contributed by atoms with Crippen LogP contribution in [0.1, 0.15) is 33.5 Å². The van der Waals surface area contributed by atoms with Crippen LogP contribution in [0.25, 0.3) is 0 Å². The molecule has 1 heterocycles. The van der Waals surface area contributed by atoms with Crippen molar-refractivity contribution in [2.45, 2.75) is 46.3 Å². The van der Waals surface area contributed by atoms with E-state index in [1.165, 1.54) is 4.80 Å². The summed E-state index contributed by atoms with van der Waals surface area (Å²) in [4.78, 5) is 1.44. The van der Waals surface area contributed by atoms with E-state index in [1.54, 1.807) is 7.05 Å². The molecule has 2 atom stereocenters. The van der Waals surface area contributed by atoms with Crippen LogP contribution in [0.4, 0.5) is 0 Å². The van der Waals surface area contributed by atoms with Gasteiger partial charge in [0, 0.05) is 19.1 Å². The minimum Gasteiger partial charge on any atom is -0.376 e. The molecule has 1 aromatic rings. The van der Waals surface area contributed by atoms with Gasteiger partial charge in [-0.05, 0) is 17.6 Å². The fraction of sp³-hybridized carbons (Fsp3) is 0.909. The molecule has 2 unspecified atom stereocenters. The standard InChI is InChI=1S/C11H23N5O/c1-6-17-10(11(2,3)4)8(12)7-9-13-15-16(5)14-9/h8,10H,6-7,12H2,1-5H3. The highest BCUT2D eigenvalue weighted by molar-refractivity contribution is 4.91. The highest BCUT2D eigenvalue weighted by Crippen LogP contribution is 2.25. The van der Waals surface area contributed by atoms with E-state index in [9.17, 15) is 0 Å². The maximum atomic E-state index is 6.19. The molecule has 0 saturated heterocycles. The van der Waals surface area contributed by atoms with Crippen LogP contribution >= 0.6 is 0 Å². The molecule has 0 bridgehead atoms. The quantitative estimate of drug-likeness (QED) is 0.813. The van der Waals surface area contributed by atoms with Crippen LogP contribution in [0.15, 0.2) is 0 Å². The number of ether oxygens (including phenoxy) is 1. The molecule has 0 aliphatic heterocycles. The fourth-order valence-corrected chi connectivity index (χ4v) is 1.92. The zero-order valence-electron chi connectivity index (χ0n) is 11.3. The van der Waals surface area contributed by atoms with Crippen LogP contribution in [-0.4, -0.2) is 39.0 Å². The van der Waals surface area contributed by atoms with Gasteiger partial charge in [0.15, 0.2) is 5.82 Å². The van der Waals surface area contributed by atoms with Crippen LogP contribution in [0.3, 0.4) is 0 Å². The van der Waals surface area contributed by atoms with E-state index in [0.717, 1.165) is 0 Å². The summed E-state index contributed by atoms with van der Waals surface area (Å²) in [6, 6.07) is -0.126. The van der Waals surface area contributed by atoms with Gasteiger partial charge < -0.3 is 10.5 Å². The van der Waals surface area contributed by atoms with Crippen molar-refractivity contribution in [3.05, 3.63) is 5.82 Å². The summed E-state index contributed by atoms with van der Waals surface area (Å²) in [5, 5.41) is 11.9. The van der Waals surface area contributed by atoms with E-state index in [-0.39, 0.29) is 17.6 Å². The molecule has 6 nitrogen and oxygen atoms in total. The summed E-state index contributed by atoms with van der Waals surface area (Å²) >= 11 is 0. The van der Waals surface area contributed by atoms with Gasteiger partial charge in [-0.1, -0.05) is 20.8 Å². The first-order valence-corrected chi connectivity index (χ1v) is 5.94. The van der Waals surface area contributed by atoms with Gasteiger partial charge in [0.1, 0.15) is 0 Å². The Bertz CT molecular complexity index is 344. The van der Waals surface area contributed by atoms with Crippen LogP contribution in [0.2, 0.25) is 0 Å². The minimum absolute atomic E-state index is 0.00235. The van der Waals surface area contributed by atoms with Gasteiger partial charge in [-0.15, -0.1) is 10.2 Å². The van der Waals surface area contributed by atoms with Gasteiger partial charge in [-0.2, -0.15) is 4.80 Å². The molecular formula is C11H23N5O. The van der Waals surface area contributed by atoms with E-state index in [1.807, 2.05) is 6.92 Å². The molecule has 98 valence electrons. The number of hydrogen-bond donors (Lipinski definition) is 1. The van der Waals surface area contributed by atoms with E-state index in [0.29, 0.717) is 18.9 Å². The third-order valence-corrected chi connectivity index (χ3v) is 2.56. The average molecular weight is 241 g/mol. The normalized spacial score (nSPS) is 15.9. The molecular weight excluding hydrogens is 218 g/mol. The monoisotopic (exact) mass is 241 g/mol. The lowest BCUT2D eigenvalue weighted by molar-refractivity contribution is -0.0277. The first-order chi connectivity index (χ1) is 7.84. The number of aromatic nitrogens is 4. The molecule has 17 heavy (non-hydrogen) atoms. The molecule has 1 rings (SSSR count). The fourth-order valence-electron chi connectivity index (χ4n) is 1.92. The third kappa shape index (κ3) is 4.05. The Labute approximate surface area is 103 Å². The number of nitrogens with two attached hydrogens (primary N) is 1. The molecule has 6 heteroatoms. The van der Waals surface area contributed by atoms with E-state index < -0.39 is 0 Å². The second-order valence-corrected chi connectivity index (χ2v) is 5.31. The lowest BCUT2D eigenvalue weighted by Gasteiger charge is -2.34. The number of rotatable bonds is 5. The third-order valence-electron chi connectivity index (χ3n) is 2.56. The van der Waals surface area contributed by atoms with Gasteiger partial charge in [-0.25, -0.2) is 0 Å². The lowest BCUT2D eigenvalue weighted by Crippen LogP contribution is -2.46. The van der Waals surface area contributed by atoms with Crippen LogP contribution in [-0.2, 0) is 18.2 Å².